The highest BCUT2D eigenvalue weighted by Crippen LogP contribution is 2.21. The van der Waals surface area contributed by atoms with Gasteiger partial charge in [-0.2, -0.15) is 0 Å². The van der Waals surface area contributed by atoms with Crippen LogP contribution in [0.4, 0.5) is 0 Å². The lowest BCUT2D eigenvalue weighted by atomic mass is 9.96. The van der Waals surface area contributed by atoms with Gasteiger partial charge in [0.05, 0.1) is 19.0 Å². The first-order chi connectivity index (χ1) is 15.3. The van der Waals surface area contributed by atoms with Gasteiger partial charge in [-0.05, 0) is 31.7 Å². The minimum atomic E-state index is -0.168. The number of aromatic nitrogens is 2. The van der Waals surface area contributed by atoms with Gasteiger partial charge >= 0.3 is 5.97 Å². The summed E-state index contributed by atoms with van der Waals surface area (Å²) in [6, 6.07) is 20.3. The van der Waals surface area contributed by atoms with Gasteiger partial charge in [0.15, 0.2) is 0 Å². The summed E-state index contributed by atoms with van der Waals surface area (Å²) < 4.78 is 7.02. The predicted molar refractivity (Wildman–Crippen MR) is 121 cm³/mol. The van der Waals surface area contributed by atoms with E-state index in [1.165, 1.54) is 5.56 Å². The Morgan fingerprint density at radius 2 is 1.81 bits per heavy atom. The summed E-state index contributed by atoms with van der Waals surface area (Å²) in [7, 11) is 0. The molecule has 3 aromatic rings. The maximum Gasteiger partial charge on any atom is 0.305 e. The molecule has 31 heavy (non-hydrogen) atoms. The number of imidazole rings is 1. The summed E-state index contributed by atoms with van der Waals surface area (Å²) >= 11 is 0. The molecule has 6 heteroatoms. The van der Waals surface area contributed by atoms with E-state index >= 15 is 0 Å². The summed E-state index contributed by atoms with van der Waals surface area (Å²) in [4.78, 5) is 21.4. The topological polar surface area (TPSA) is 65.7 Å². The molecule has 2 aromatic carbocycles. The van der Waals surface area contributed by atoms with E-state index in [9.17, 15) is 4.79 Å². The van der Waals surface area contributed by atoms with Crippen molar-refractivity contribution in [1.82, 2.24) is 9.55 Å². The van der Waals surface area contributed by atoms with Crippen molar-refractivity contribution >= 4 is 11.7 Å². The quantitative estimate of drug-likeness (QED) is 0.183. The Morgan fingerprint density at radius 1 is 1.06 bits per heavy atom. The molecule has 0 bridgehead atoms. The molecule has 162 valence electrons. The maximum absolute atomic E-state index is 11.5. The van der Waals surface area contributed by atoms with Crippen molar-refractivity contribution in [2.24, 2.45) is 5.16 Å². The van der Waals surface area contributed by atoms with Crippen LogP contribution in [0.5, 0.6) is 0 Å². The van der Waals surface area contributed by atoms with E-state index in [0.717, 1.165) is 24.1 Å². The predicted octanol–water partition coefficient (Wildman–Crippen LogP) is 4.82. The minimum absolute atomic E-state index is 0.0631. The lowest BCUT2D eigenvalue weighted by molar-refractivity contribution is -0.143. The van der Waals surface area contributed by atoms with Crippen molar-refractivity contribution in [3.05, 3.63) is 90.5 Å². The average Bonchev–Trinajstić information content (AvgIpc) is 3.34. The van der Waals surface area contributed by atoms with E-state index in [2.05, 4.69) is 26.8 Å². The van der Waals surface area contributed by atoms with E-state index < -0.39 is 0 Å². The van der Waals surface area contributed by atoms with E-state index in [0.29, 0.717) is 26.1 Å². The minimum Gasteiger partial charge on any atom is -0.466 e. The second-order valence-electron chi connectivity index (χ2n) is 7.15. The Bertz CT molecular complexity index is 925. The van der Waals surface area contributed by atoms with Crippen molar-refractivity contribution in [1.29, 1.82) is 0 Å². The molecule has 1 heterocycles. The van der Waals surface area contributed by atoms with Crippen molar-refractivity contribution < 1.29 is 14.4 Å². The number of unbranched alkanes of at least 4 members (excludes halogenated alkanes) is 1. The van der Waals surface area contributed by atoms with Gasteiger partial charge in [0.25, 0.3) is 0 Å². The molecule has 6 nitrogen and oxygen atoms in total. The van der Waals surface area contributed by atoms with Gasteiger partial charge in [-0.15, -0.1) is 0 Å². The first-order valence-electron chi connectivity index (χ1n) is 10.7. The molecule has 0 aliphatic heterocycles. The van der Waals surface area contributed by atoms with Crippen LogP contribution >= 0.6 is 0 Å². The number of rotatable bonds is 12. The molecule has 0 aliphatic rings. The van der Waals surface area contributed by atoms with Crippen LogP contribution in [0.15, 0.2) is 84.5 Å². The lowest BCUT2D eigenvalue weighted by Crippen LogP contribution is -2.22. The lowest BCUT2D eigenvalue weighted by Gasteiger charge is -2.21. The molecule has 1 unspecified atom stereocenters. The highest BCUT2D eigenvalue weighted by molar-refractivity contribution is 6.03. The molecule has 0 fully saturated rings. The molecule has 1 aromatic heterocycles. The molecular weight excluding hydrogens is 390 g/mol. The van der Waals surface area contributed by atoms with Gasteiger partial charge in [-0.1, -0.05) is 65.8 Å². The van der Waals surface area contributed by atoms with Crippen molar-refractivity contribution in [3.63, 3.8) is 0 Å². The summed E-state index contributed by atoms with van der Waals surface area (Å²) in [6.07, 6.45) is 8.14. The summed E-state index contributed by atoms with van der Waals surface area (Å²) in [5.74, 6) is -0.168. The third-order valence-electron chi connectivity index (χ3n) is 4.88. The van der Waals surface area contributed by atoms with Gasteiger partial charge in [0.1, 0.15) is 12.3 Å². The van der Waals surface area contributed by atoms with Gasteiger partial charge in [-0.3, -0.25) is 4.79 Å². The number of carbonyl (C=O) groups is 1. The fourth-order valence-corrected chi connectivity index (χ4v) is 3.33. The monoisotopic (exact) mass is 419 g/mol. The number of benzene rings is 2. The highest BCUT2D eigenvalue weighted by atomic mass is 16.6. The van der Waals surface area contributed by atoms with Crippen LogP contribution in [0.25, 0.3) is 0 Å². The number of hydrogen-bond acceptors (Lipinski definition) is 5. The zero-order valence-electron chi connectivity index (χ0n) is 17.9. The molecule has 3 rings (SSSR count). The van der Waals surface area contributed by atoms with Crippen molar-refractivity contribution in [3.8, 4) is 0 Å². The SMILES string of the molecule is CCOC(=O)CCCCO/N=C(\c1ccccc1)C(Cc1ccccc1)n1ccnc1. The van der Waals surface area contributed by atoms with Crippen LogP contribution in [0, 0.1) is 0 Å². The average molecular weight is 420 g/mol. The molecule has 1 atom stereocenters. The van der Waals surface area contributed by atoms with Crippen LogP contribution in [0.1, 0.15) is 43.4 Å². The van der Waals surface area contributed by atoms with Gasteiger partial charge < -0.3 is 14.1 Å². The van der Waals surface area contributed by atoms with Crippen LogP contribution in [0.2, 0.25) is 0 Å². The number of ether oxygens (including phenoxy) is 1. The Morgan fingerprint density at radius 3 is 2.48 bits per heavy atom. The normalized spacial score (nSPS) is 12.4. The summed E-state index contributed by atoms with van der Waals surface area (Å²) in [5, 5.41) is 4.55. The second-order valence-corrected chi connectivity index (χ2v) is 7.15. The van der Waals surface area contributed by atoms with E-state index in [-0.39, 0.29) is 12.0 Å². The van der Waals surface area contributed by atoms with Crippen LogP contribution in [0.3, 0.4) is 0 Å². The molecule has 0 saturated carbocycles. The van der Waals surface area contributed by atoms with Crippen molar-refractivity contribution in [2.45, 2.75) is 38.6 Å². The second kappa shape index (κ2) is 12.3. The Labute approximate surface area is 183 Å². The number of esters is 1. The largest absolute Gasteiger partial charge is 0.466 e. The number of hydrogen-bond donors (Lipinski definition) is 0. The third-order valence-corrected chi connectivity index (χ3v) is 4.88. The number of carbonyl (C=O) groups excluding carboxylic acids is 1. The van der Waals surface area contributed by atoms with Gasteiger partial charge in [0, 0.05) is 24.4 Å². The third kappa shape index (κ3) is 7.10. The zero-order chi connectivity index (χ0) is 21.7. The molecular formula is C25H29N3O3. The molecule has 0 radical (unpaired) electrons. The standard InChI is InChI=1S/C25H29N3O3/c1-2-30-24(29)15-9-10-18-31-27-25(22-13-7-4-8-14-22)23(28-17-16-26-20-28)19-21-11-5-3-6-12-21/h3-8,11-14,16-17,20,23H,2,9-10,15,18-19H2,1H3/b27-25+. The van der Waals surface area contributed by atoms with Crippen molar-refractivity contribution in [2.75, 3.05) is 13.2 Å². The van der Waals surface area contributed by atoms with Gasteiger partial charge in [0.2, 0.25) is 0 Å². The zero-order valence-corrected chi connectivity index (χ0v) is 17.9. The fourth-order valence-electron chi connectivity index (χ4n) is 3.33. The van der Waals surface area contributed by atoms with E-state index in [1.54, 1.807) is 6.20 Å². The Kier molecular flexibility index (Phi) is 8.86. The molecule has 0 spiro atoms. The summed E-state index contributed by atoms with van der Waals surface area (Å²) in [5.41, 5.74) is 3.05. The fraction of sp³-hybridized carbons (Fsp3) is 0.320. The smallest absolute Gasteiger partial charge is 0.305 e. The molecule has 0 N–H and O–H groups in total. The van der Waals surface area contributed by atoms with E-state index in [4.69, 9.17) is 9.57 Å². The molecule has 0 aliphatic carbocycles. The maximum atomic E-state index is 11.5. The highest BCUT2D eigenvalue weighted by Gasteiger charge is 2.21. The Balaban J connectivity index is 1.74. The van der Waals surface area contributed by atoms with E-state index in [1.807, 2.05) is 68.0 Å². The van der Waals surface area contributed by atoms with Crippen LogP contribution < -0.4 is 0 Å². The first kappa shape index (κ1) is 22.3. The van der Waals surface area contributed by atoms with Crippen LogP contribution in [-0.2, 0) is 20.8 Å². The Hall–Kier alpha value is -3.41. The summed E-state index contributed by atoms with van der Waals surface area (Å²) in [6.45, 7) is 2.67. The number of nitrogens with zero attached hydrogens (tertiary/aromatic N) is 3. The van der Waals surface area contributed by atoms with Gasteiger partial charge in [-0.25, -0.2) is 4.98 Å². The molecule has 0 saturated heterocycles. The molecule has 0 amide bonds. The number of oxime groups is 1. The first-order valence-corrected chi connectivity index (χ1v) is 10.7. The van der Waals surface area contributed by atoms with Crippen LogP contribution in [-0.4, -0.2) is 34.4 Å².